The molecule has 0 unspecified atom stereocenters. The fourth-order valence-electron chi connectivity index (χ4n) is 2.53. The number of aromatic nitrogens is 1. The van der Waals surface area contributed by atoms with Crippen molar-refractivity contribution < 1.29 is 9.47 Å². The van der Waals surface area contributed by atoms with Gasteiger partial charge in [-0.05, 0) is 47.9 Å². The summed E-state index contributed by atoms with van der Waals surface area (Å²) in [6.45, 7) is 3.28. The molecule has 4 nitrogen and oxygen atoms in total. The number of aryl methyl sites for hydroxylation is 1. The molecule has 1 heterocycles. The Kier molecular flexibility index (Phi) is 5.52. The van der Waals surface area contributed by atoms with Gasteiger partial charge in [0, 0.05) is 12.7 Å². The van der Waals surface area contributed by atoms with E-state index in [2.05, 4.69) is 29.4 Å². The van der Waals surface area contributed by atoms with Gasteiger partial charge in [-0.25, -0.2) is 4.98 Å². The van der Waals surface area contributed by atoms with Crippen LogP contribution < -0.4 is 14.8 Å². The topological polar surface area (TPSA) is 43.4 Å². The molecule has 0 aliphatic heterocycles. The molecular formula is C21H22N2O2. The number of nitrogens with one attached hydrogen (secondary N) is 1. The molecule has 0 bridgehead atoms. The van der Waals surface area contributed by atoms with E-state index in [1.165, 1.54) is 11.1 Å². The molecule has 2 aromatic carbocycles. The van der Waals surface area contributed by atoms with Crippen LogP contribution in [0, 0.1) is 6.92 Å². The Hall–Kier alpha value is -3.01. The molecule has 0 atom stereocenters. The third-order valence-electron chi connectivity index (χ3n) is 4.01. The zero-order chi connectivity index (χ0) is 17.5. The molecule has 0 amide bonds. The minimum atomic E-state index is 0.522. The van der Waals surface area contributed by atoms with E-state index in [0.717, 1.165) is 22.9 Å². The lowest BCUT2D eigenvalue weighted by molar-refractivity contribution is 0.283. The molecule has 3 aromatic rings. The zero-order valence-corrected chi connectivity index (χ0v) is 14.5. The molecule has 128 valence electrons. The monoisotopic (exact) mass is 334 g/mol. The Morgan fingerprint density at radius 2 is 1.80 bits per heavy atom. The van der Waals surface area contributed by atoms with Crippen molar-refractivity contribution in [3.63, 3.8) is 0 Å². The minimum Gasteiger partial charge on any atom is -0.493 e. The molecule has 0 saturated heterocycles. The molecule has 1 aromatic heterocycles. The van der Waals surface area contributed by atoms with Crippen LogP contribution in [0.3, 0.4) is 0 Å². The highest BCUT2D eigenvalue weighted by atomic mass is 16.5. The van der Waals surface area contributed by atoms with Gasteiger partial charge >= 0.3 is 0 Å². The molecule has 3 rings (SSSR count). The second kappa shape index (κ2) is 8.20. The van der Waals surface area contributed by atoms with Crippen LogP contribution in [0.5, 0.6) is 11.5 Å². The number of pyridine rings is 1. The van der Waals surface area contributed by atoms with Gasteiger partial charge in [-0.3, -0.25) is 0 Å². The van der Waals surface area contributed by atoms with Crippen LogP contribution in [0.25, 0.3) is 0 Å². The van der Waals surface area contributed by atoms with Gasteiger partial charge < -0.3 is 14.8 Å². The summed E-state index contributed by atoms with van der Waals surface area (Å²) in [6, 6.07) is 20.0. The first-order chi connectivity index (χ1) is 12.3. The molecule has 1 N–H and O–H groups in total. The molecule has 0 spiro atoms. The average Bonchev–Trinajstić information content (AvgIpc) is 2.67. The first kappa shape index (κ1) is 16.8. The number of hydrogen-bond donors (Lipinski definition) is 1. The van der Waals surface area contributed by atoms with Crippen LogP contribution in [-0.2, 0) is 13.2 Å². The highest BCUT2D eigenvalue weighted by Crippen LogP contribution is 2.29. The number of anilines is 1. The molecule has 25 heavy (non-hydrogen) atoms. The molecule has 0 fully saturated rings. The Balaban J connectivity index is 1.66. The maximum Gasteiger partial charge on any atom is 0.161 e. The zero-order valence-electron chi connectivity index (χ0n) is 14.5. The van der Waals surface area contributed by atoms with Crippen molar-refractivity contribution in [3.05, 3.63) is 83.6 Å². The van der Waals surface area contributed by atoms with Crippen LogP contribution in [-0.4, -0.2) is 12.1 Å². The summed E-state index contributed by atoms with van der Waals surface area (Å²) in [7, 11) is 1.66. The summed E-state index contributed by atoms with van der Waals surface area (Å²) >= 11 is 0. The van der Waals surface area contributed by atoms with Gasteiger partial charge in [0.25, 0.3) is 0 Å². The largest absolute Gasteiger partial charge is 0.493 e. The Morgan fingerprint density at radius 3 is 2.56 bits per heavy atom. The van der Waals surface area contributed by atoms with E-state index in [9.17, 15) is 0 Å². The molecule has 0 aliphatic carbocycles. The number of methoxy groups -OCH3 is 1. The number of ether oxygens (including phenoxy) is 2. The van der Waals surface area contributed by atoms with Gasteiger partial charge in [0.05, 0.1) is 7.11 Å². The average molecular weight is 334 g/mol. The van der Waals surface area contributed by atoms with Crippen molar-refractivity contribution in [2.75, 3.05) is 12.4 Å². The Labute approximate surface area is 148 Å². The number of nitrogens with zero attached hydrogens (tertiary/aromatic N) is 1. The number of benzene rings is 2. The smallest absolute Gasteiger partial charge is 0.161 e. The van der Waals surface area contributed by atoms with Crippen molar-refractivity contribution in [1.29, 1.82) is 0 Å². The number of hydrogen-bond acceptors (Lipinski definition) is 4. The quantitative estimate of drug-likeness (QED) is 0.686. The molecule has 0 radical (unpaired) electrons. The van der Waals surface area contributed by atoms with Crippen molar-refractivity contribution in [3.8, 4) is 11.5 Å². The molecular weight excluding hydrogens is 312 g/mol. The lowest BCUT2D eigenvalue weighted by Crippen LogP contribution is -2.03. The van der Waals surface area contributed by atoms with Gasteiger partial charge in [0.2, 0.25) is 0 Å². The van der Waals surface area contributed by atoms with Gasteiger partial charge in [-0.1, -0.05) is 36.4 Å². The molecule has 0 saturated carbocycles. The lowest BCUT2D eigenvalue weighted by Gasteiger charge is -2.14. The van der Waals surface area contributed by atoms with Crippen LogP contribution >= 0.6 is 0 Å². The van der Waals surface area contributed by atoms with Crippen molar-refractivity contribution in [2.24, 2.45) is 0 Å². The summed E-state index contributed by atoms with van der Waals surface area (Å²) < 4.78 is 11.4. The van der Waals surface area contributed by atoms with E-state index in [1.807, 2.05) is 48.5 Å². The van der Waals surface area contributed by atoms with Crippen molar-refractivity contribution in [1.82, 2.24) is 4.98 Å². The van der Waals surface area contributed by atoms with Crippen LogP contribution in [0.4, 0.5) is 5.82 Å². The highest BCUT2D eigenvalue weighted by molar-refractivity contribution is 5.44. The molecule has 0 aliphatic rings. The van der Waals surface area contributed by atoms with Gasteiger partial charge in [-0.15, -0.1) is 0 Å². The summed E-state index contributed by atoms with van der Waals surface area (Å²) in [5.74, 6) is 2.32. The lowest BCUT2D eigenvalue weighted by atomic mass is 10.1. The Morgan fingerprint density at radius 1 is 0.960 bits per heavy atom. The van der Waals surface area contributed by atoms with E-state index in [1.54, 1.807) is 13.3 Å². The third kappa shape index (κ3) is 4.51. The molecule has 4 heteroatoms. The summed E-state index contributed by atoms with van der Waals surface area (Å²) in [5.41, 5.74) is 3.49. The first-order valence-corrected chi connectivity index (χ1v) is 8.25. The summed E-state index contributed by atoms with van der Waals surface area (Å²) in [5, 5.41) is 3.29. The maximum absolute atomic E-state index is 5.95. The second-order valence-corrected chi connectivity index (χ2v) is 5.77. The van der Waals surface area contributed by atoms with E-state index in [0.29, 0.717) is 13.2 Å². The van der Waals surface area contributed by atoms with E-state index in [4.69, 9.17) is 9.47 Å². The highest BCUT2D eigenvalue weighted by Gasteiger charge is 2.07. The first-order valence-electron chi connectivity index (χ1n) is 8.25. The van der Waals surface area contributed by atoms with E-state index < -0.39 is 0 Å². The van der Waals surface area contributed by atoms with Gasteiger partial charge in [-0.2, -0.15) is 0 Å². The van der Waals surface area contributed by atoms with Crippen LogP contribution in [0.2, 0.25) is 0 Å². The maximum atomic E-state index is 5.95. The van der Waals surface area contributed by atoms with Gasteiger partial charge in [0.1, 0.15) is 12.4 Å². The second-order valence-electron chi connectivity index (χ2n) is 5.77. The predicted molar refractivity (Wildman–Crippen MR) is 100 cm³/mol. The fraction of sp³-hybridized carbons (Fsp3) is 0.190. The SMILES string of the molecule is COc1cc(CNc2ccccn2)ccc1OCc1ccccc1C. The summed E-state index contributed by atoms with van der Waals surface area (Å²) in [4.78, 5) is 4.26. The minimum absolute atomic E-state index is 0.522. The normalized spacial score (nSPS) is 10.3. The standard InChI is InChI=1S/C21H22N2O2/c1-16-7-3-4-8-18(16)15-25-19-11-10-17(13-20(19)24-2)14-23-21-9-5-6-12-22-21/h3-13H,14-15H2,1-2H3,(H,22,23). The predicted octanol–water partition coefficient (Wildman–Crippen LogP) is 4.59. The van der Waals surface area contributed by atoms with Crippen molar-refractivity contribution >= 4 is 5.82 Å². The van der Waals surface area contributed by atoms with Crippen molar-refractivity contribution in [2.45, 2.75) is 20.1 Å². The van der Waals surface area contributed by atoms with Crippen LogP contribution in [0.15, 0.2) is 66.9 Å². The van der Waals surface area contributed by atoms with E-state index >= 15 is 0 Å². The summed E-state index contributed by atoms with van der Waals surface area (Å²) in [6.07, 6.45) is 1.77. The third-order valence-corrected chi connectivity index (χ3v) is 4.01. The Bertz CT molecular complexity index is 819. The fourth-order valence-corrected chi connectivity index (χ4v) is 2.53. The van der Waals surface area contributed by atoms with Crippen LogP contribution in [0.1, 0.15) is 16.7 Å². The van der Waals surface area contributed by atoms with E-state index in [-0.39, 0.29) is 0 Å². The number of rotatable bonds is 7. The van der Waals surface area contributed by atoms with Gasteiger partial charge in [0.15, 0.2) is 11.5 Å².